The van der Waals surface area contributed by atoms with Gasteiger partial charge in [-0.05, 0) is 36.5 Å². The Morgan fingerprint density at radius 3 is 2.57 bits per heavy atom. The van der Waals surface area contributed by atoms with Crippen LogP contribution in [-0.2, 0) is 20.9 Å². The number of nitrogens with one attached hydrogen (secondary N) is 1. The average Bonchev–Trinajstić information content (AvgIpc) is 3.03. The Hall–Kier alpha value is -3.85. The van der Waals surface area contributed by atoms with E-state index in [-0.39, 0.29) is 22.9 Å². The van der Waals surface area contributed by atoms with Gasteiger partial charge in [0.25, 0.3) is 11.8 Å². The summed E-state index contributed by atoms with van der Waals surface area (Å²) in [6, 6.07) is 12.6. The number of aliphatic carboxylic acids is 1. The fourth-order valence-corrected chi connectivity index (χ4v) is 3.61. The third-order valence-corrected chi connectivity index (χ3v) is 4.90. The number of aromatic nitrogens is 1. The molecule has 2 N–H and O–H groups in total. The van der Waals surface area contributed by atoms with Gasteiger partial charge in [0.15, 0.2) is 5.11 Å². The summed E-state index contributed by atoms with van der Waals surface area (Å²) >= 11 is 5.08. The number of nitrogens with zero attached hydrogens (tertiary/aromatic N) is 2. The van der Waals surface area contributed by atoms with Crippen LogP contribution in [0.2, 0.25) is 0 Å². The summed E-state index contributed by atoms with van der Waals surface area (Å²) in [7, 11) is 0. The minimum absolute atomic E-state index is 0.0771. The maximum Gasteiger partial charge on any atom is 0.323 e. The van der Waals surface area contributed by atoms with Crippen LogP contribution in [0, 0.1) is 5.82 Å². The summed E-state index contributed by atoms with van der Waals surface area (Å²) < 4.78 is 15.8. The lowest BCUT2D eigenvalue weighted by Gasteiger charge is -2.29. The molecular weight excluding hydrogens is 409 g/mol. The molecule has 0 aliphatic carbocycles. The Labute approximate surface area is 175 Å². The van der Waals surface area contributed by atoms with E-state index in [1.54, 1.807) is 36.5 Å². The molecule has 0 radical (unpaired) electrons. The van der Waals surface area contributed by atoms with Crippen molar-refractivity contribution in [1.82, 2.24) is 9.88 Å². The van der Waals surface area contributed by atoms with Crippen molar-refractivity contribution in [1.29, 1.82) is 0 Å². The fourth-order valence-electron chi connectivity index (χ4n) is 3.33. The van der Waals surface area contributed by atoms with Gasteiger partial charge in [-0.3, -0.25) is 19.7 Å². The number of fused-ring (bicyclic) bond motifs is 1. The zero-order valence-corrected chi connectivity index (χ0v) is 16.1. The number of benzene rings is 2. The molecule has 0 saturated carbocycles. The molecule has 1 aliphatic rings. The zero-order valence-electron chi connectivity index (χ0n) is 15.3. The minimum Gasteiger partial charge on any atom is -0.480 e. The first-order valence-electron chi connectivity index (χ1n) is 8.82. The van der Waals surface area contributed by atoms with Gasteiger partial charge in [-0.15, -0.1) is 0 Å². The highest BCUT2D eigenvalue weighted by Gasteiger charge is 2.35. The van der Waals surface area contributed by atoms with Crippen molar-refractivity contribution in [3.05, 3.63) is 71.7 Å². The van der Waals surface area contributed by atoms with Crippen LogP contribution in [0.25, 0.3) is 17.0 Å². The second kappa shape index (κ2) is 7.53. The molecule has 4 rings (SSSR count). The van der Waals surface area contributed by atoms with Crippen molar-refractivity contribution in [2.24, 2.45) is 0 Å². The van der Waals surface area contributed by atoms with Gasteiger partial charge in [-0.2, -0.15) is 0 Å². The number of hydrogen-bond donors (Lipinski definition) is 2. The zero-order chi connectivity index (χ0) is 21.4. The lowest BCUT2D eigenvalue weighted by atomic mass is 10.1. The largest absolute Gasteiger partial charge is 0.480 e. The van der Waals surface area contributed by atoms with Crippen molar-refractivity contribution in [2.45, 2.75) is 6.54 Å². The number of carbonyl (C=O) groups excluding carboxylic acids is 2. The number of carboxylic acid groups (broad SMARTS) is 1. The van der Waals surface area contributed by atoms with Crippen molar-refractivity contribution in [3.63, 3.8) is 0 Å². The topological polar surface area (TPSA) is 91.6 Å². The molecule has 1 aliphatic heterocycles. The maximum absolute atomic E-state index is 14.3. The minimum atomic E-state index is -1.03. The molecule has 150 valence electrons. The number of thiocarbonyl (C=S) groups is 1. The van der Waals surface area contributed by atoms with Crippen molar-refractivity contribution in [3.8, 4) is 0 Å². The van der Waals surface area contributed by atoms with Crippen LogP contribution < -0.4 is 10.2 Å². The van der Waals surface area contributed by atoms with Crippen LogP contribution >= 0.6 is 12.2 Å². The van der Waals surface area contributed by atoms with E-state index in [1.807, 2.05) is 0 Å². The van der Waals surface area contributed by atoms with Gasteiger partial charge in [0.1, 0.15) is 17.9 Å². The Balaban J connectivity index is 1.82. The molecule has 3 aromatic rings. The molecule has 7 nitrogen and oxygen atoms in total. The van der Waals surface area contributed by atoms with Gasteiger partial charge in [0.2, 0.25) is 0 Å². The predicted octanol–water partition coefficient (Wildman–Crippen LogP) is 2.70. The molecule has 0 bridgehead atoms. The van der Waals surface area contributed by atoms with Gasteiger partial charge < -0.3 is 9.67 Å². The van der Waals surface area contributed by atoms with E-state index in [2.05, 4.69) is 5.32 Å². The molecule has 2 heterocycles. The van der Waals surface area contributed by atoms with Crippen LogP contribution in [0.15, 0.2) is 60.3 Å². The molecular formula is C21H14FN3O4S. The van der Waals surface area contributed by atoms with Gasteiger partial charge >= 0.3 is 5.97 Å². The highest BCUT2D eigenvalue weighted by molar-refractivity contribution is 7.80. The average molecular weight is 423 g/mol. The molecule has 9 heteroatoms. The molecule has 2 amide bonds. The summed E-state index contributed by atoms with van der Waals surface area (Å²) in [5.41, 5.74) is 0.792. The van der Waals surface area contributed by atoms with E-state index in [1.165, 1.54) is 28.8 Å². The molecule has 1 saturated heterocycles. The normalized spacial score (nSPS) is 15.7. The molecule has 30 heavy (non-hydrogen) atoms. The van der Waals surface area contributed by atoms with Crippen molar-refractivity contribution >= 4 is 57.8 Å². The first-order chi connectivity index (χ1) is 14.4. The number of hydrogen-bond acceptors (Lipinski definition) is 4. The van der Waals surface area contributed by atoms with E-state index >= 15 is 0 Å². The highest BCUT2D eigenvalue weighted by atomic mass is 32.1. The van der Waals surface area contributed by atoms with E-state index in [0.29, 0.717) is 16.5 Å². The quantitative estimate of drug-likeness (QED) is 0.383. The number of rotatable bonds is 4. The molecule has 0 unspecified atom stereocenters. The monoisotopic (exact) mass is 423 g/mol. The number of amides is 2. The maximum atomic E-state index is 14.3. The molecule has 2 aromatic carbocycles. The van der Waals surface area contributed by atoms with Crippen LogP contribution in [0.3, 0.4) is 0 Å². The second-order valence-corrected chi connectivity index (χ2v) is 6.92. The van der Waals surface area contributed by atoms with Gasteiger partial charge in [-0.25, -0.2) is 9.29 Å². The first-order valence-corrected chi connectivity index (χ1v) is 9.23. The van der Waals surface area contributed by atoms with Crippen LogP contribution in [0.4, 0.5) is 10.1 Å². The SMILES string of the molecule is O=C(O)Cn1cc(/C=C2/C(=O)NC(=S)N(c3ccccc3F)C2=O)c2ccccc21. The van der Waals surface area contributed by atoms with Gasteiger partial charge in [0, 0.05) is 22.7 Å². The summed E-state index contributed by atoms with van der Waals surface area (Å²) in [6.45, 7) is -0.282. The van der Waals surface area contributed by atoms with Crippen molar-refractivity contribution in [2.75, 3.05) is 4.90 Å². The standard InChI is InChI=1S/C21H14FN3O4S/c22-15-6-2-4-8-17(15)25-20(29)14(19(28)23-21(25)30)9-12-10-24(11-18(26)27)16-7-3-1-5-13(12)16/h1-10H,11H2,(H,26,27)(H,23,28,30)/b14-9-. The highest BCUT2D eigenvalue weighted by Crippen LogP contribution is 2.27. The van der Waals surface area contributed by atoms with Crippen LogP contribution in [0.5, 0.6) is 0 Å². The molecule has 0 spiro atoms. The van der Waals surface area contributed by atoms with E-state index in [4.69, 9.17) is 17.3 Å². The number of carboxylic acids is 1. The molecule has 1 fully saturated rings. The summed E-state index contributed by atoms with van der Waals surface area (Å²) in [5, 5.41) is 12.0. The smallest absolute Gasteiger partial charge is 0.323 e. The number of anilines is 1. The summed E-state index contributed by atoms with van der Waals surface area (Å²) in [5.74, 6) is -3.18. The van der Waals surface area contributed by atoms with Gasteiger partial charge in [-0.1, -0.05) is 30.3 Å². The van der Waals surface area contributed by atoms with Crippen LogP contribution in [-0.4, -0.2) is 32.6 Å². The van der Waals surface area contributed by atoms with Gasteiger partial charge in [0.05, 0.1) is 5.69 Å². The second-order valence-electron chi connectivity index (χ2n) is 6.53. The number of carbonyl (C=O) groups is 3. The van der Waals surface area contributed by atoms with Crippen molar-refractivity contribution < 1.29 is 23.9 Å². The van der Waals surface area contributed by atoms with E-state index in [9.17, 15) is 18.8 Å². The molecule has 1 aromatic heterocycles. The first kappa shape index (κ1) is 19.5. The fraction of sp³-hybridized carbons (Fsp3) is 0.0476. The van der Waals surface area contributed by atoms with Crippen LogP contribution in [0.1, 0.15) is 5.56 Å². The Morgan fingerprint density at radius 1 is 1.13 bits per heavy atom. The summed E-state index contributed by atoms with van der Waals surface area (Å²) in [6.07, 6.45) is 2.90. The van der Waals surface area contributed by atoms with E-state index < -0.39 is 23.6 Å². The lowest BCUT2D eigenvalue weighted by molar-refractivity contribution is -0.137. The lowest BCUT2D eigenvalue weighted by Crippen LogP contribution is -2.54. The summed E-state index contributed by atoms with van der Waals surface area (Å²) in [4.78, 5) is 37.7. The number of halogens is 1. The Kier molecular flexibility index (Phi) is 4.88. The number of para-hydroxylation sites is 2. The molecule has 0 atom stereocenters. The van der Waals surface area contributed by atoms with E-state index in [0.717, 1.165) is 4.90 Å². The third-order valence-electron chi connectivity index (χ3n) is 4.62. The third kappa shape index (κ3) is 3.35. The Morgan fingerprint density at radius 2 is 1.83 bits per heavy atom. The Bertz CT molecular complexity index is 1260. The predicted molar refractivity (Wildman–Crippen MR) is 112 cm³/mol.